The number of nitrogens with one attached hydrogen (secondary N) is 2. The number of hydrogen-bond donors (Lipinski definition) is 2. The Morgan fingerprint density at radius 3 is 2.79 bits per heavy atom. The number of aromatic nitrogens is 5. The van der Waals surface area contributed by atoms with E-state index >= 15 is 0 Å². The molecule has 1 fully saturated rings. The Labute approximate surface area is 202 Å². The van der Waals surface area contributed by atoms with Crippen molar-refractivity contribution in [2.75, 3.05) is 11.9 Å². The van der Waals surface area contributed by atoms with E-state index in [9.17, 15) is 4.79 Å². The highest BCUT2D eigenvalue weighted by molar-refractivity contribution is 7.12. The minimum atomic E-state index is -0.0954. The molecule has 0 radical (unpaired) electrons. The van der Waals surface area contributed by atoms with Crippen LogP contribution < -0.4 is 16.2 Å². The number of benzene rings is 1. The minimum absolute atomic E-state index is 0.0370. The lowest BCUT2D eigenvalue weighted by atomic mass is 9.85. The normalized spacial score (nSPS) is 18.1. The largest absolute Gasteiger partial charge is 0.324 e. The molecule has 4 heterocycles. The summed E-state index contributed by atoms with van der Waals surface area (Å²) in [6, 6.07) is 6.41. The summed E-state index contributed by atoms with van der Waals surface area (Å²) in [6.45, 7) is 10.1. The van der Waals surface area contributed by atoms with Crippen molar-refractivity contribution in [3.05, 3.63) is 57.0 Å². The molecule has 0 unspecified atom stereocenters. The highest BCUT2D eigenvalue weighted by atomic mass is 32.1. The number of thiazole rings is 1. The maximum absolute atomic E-state index is 13.1. The zero-order chi connectivity index (χ0) is 23.7. The fraction of sp³-hybridized carbons (Fsp3) is 0.440. The van der Waals surface area contributed by atoms with Crippen LogP contribution in [0.3, 0.4) is 0 Å². The molecule has 1 aliphatic heterocycles. The van der Waals surface area contributed by atoms with Gasteiger partial charge >= 0.3 is 0 Å². The summed E-state index contributed by atoms with van der Waals surface area (Å²) in [5, 5.41) is 10.3. The second-order valence-electron chi connectivity index (χ2n) is 10.1. The molecule has 176 valence electrons. The molecular weight excluding hydrogens is 446 g/mol. The first-order valence-corrected chi connectivity index (χ1v) is 12.8. The molecular formula is C25H29N7OS. The van der Waals surface area contributed by atoms with Crippen molar-refractivity contribution in [3.8, 4) is 5.13 Å². The van der Waals surface area contributed by atoms with E-state index < -0.39 is 0 Å². The number of rotatable bonds is 5. The van der Waals surface area contributed by atoms with Crippen molar-refractivity contribution in [3.63, 3.8) is 0 Å². The van der Waals surface area contributed by atoms with Gasteiger partial charge in [-0.05, 0) is 69.8 Å². The Kier molecular flexibility index (Phi) is 4.73. The van der Waals surface area contributed by atoms with Gasteiger partial charge in [-0.3, -0.25) is 4.79 Å². The number of fused-ring (bicyclic) bond motifs is 2. The topological polar surface area (TPSA) is 89.7 Å². The van der Waals surface area contributed by atoms with Crippen LogP contribution in [0.25, 0.3) is 16.2 Å². The Hall–Kier alpha value is -3.04. The van der Waals surface area contributed by atoms with Crippen LogP contribution in [0, 0.1) is 0 Å². The molecule has 3 aromatic heterocycles. The third-order valence-corrected chi connectivity index (χ3v) is 8.08. The van der Waals surface area contributed by atoms with Gasteiger partial charge in [0.05, 0.1) is 5.69 Å². The monoisotopic (exact) mass is 475 g/mol. The summed E-state index contributed by atoms with van der Waals surface area (Å²) in [5.74, 6) is 0.466. The Bertz CT molecular complexity index is 1470. The summed E-state index contributed by atoms with van der Waals surface area (Å²) < 4.78 is 3.54. The lowest BCUT2D eigenvalue weighted by Gasteiger charge is -2.34. The predicted molar refractivity (Wildman–Crippen MR) is 136 cm³/mol. The van der Waals surface area contributed by atoms with Gasteiger partial charge < -0.3 is 10.6 Å². The molecule has 0 atom stereocenters. The fourth-order valence-electron chi connectivity index (χ4n) is 4.87. The molecule has 0 bridgehead atoms. The first kappa shape index (κ1) is 21.5. The van der Waals surface area contributed by atoms with E-state index in [4.69, 9.17) is 9.97 Å². The van der Waals surface area contributed by atoms with Crippen LogP contribution in [0.4, 0.5) is 11.6 Å². The molecule has 2 N–H and O–H groups in total. The van der Waals surface area contributed by atoms with Crippen LogP contribution in [-0.2, 0) is 23.9 Å². The zero-order valence-corrected chi connectivity index (χ0v) is 20.8. The van der Waals surface area contributed by atoms with E-state index in [0.29, 0.717) is 23.5 Å². The Morgan fingerprint density at radius 1 is 1.21 bits per heavy atom. The van der Waals surface area contributed by atoms with Crippen molar-refractivity contribution >= 4 is 34.0 Å². The van der Waals surface area contributed by atoms with Gasteiger partial charge in [0.15, 0.2) is 5.65 Å². The van der Waals surface area contributed by atoms with Gasteiger partial charge in [-0.15, -0.1) is 11.3 Å². The van der Waals surface area contributed by atoms with Crippen LogP contribution in [0.2, 0.25) is 0 Å². The zero-order valence-electron chi connectivity index (χ0n) is 20.0. The molecule has 6 rings (SSSR count). The van der Waals surface area contributed by atoms with Gasteiger partial charge in [0.1, 0.15) is 5.39 Å². The molecule has 2 aliphatic rings. The molecule has 1 saturated carbocycles. The Morgan fingerprint density at radius 2 is 2.03 bits per heavy atom. The van der Waals surface area contributed by atoms with Gasteiger partial charge in [-0.2, -0.15) is 4.98 Å². The van der Waals surface area contributed by atoms with Gasteiger partial charge in [-0.25, -0.2) is 19.3 Å². The number of anilines is 2. The summed E-state index contributed by atoms with van der Waals surface area (Å²) in [5.41, 5.74) is 5.31. The van der Waals surface area contributed by atoms with E-state index in [0.717, 1.165) is 42.3 Å². The van der Waals surface area contributed by atoms with Gasteiger partial charge in [0, 0.05) is 34.8 Å². The molecule has 0 amide bonds. The van der Waals surface area contributed by atoms with Crippen molar-refractivity contribution in [1.82, 2.24) is 29.6 Å². The smallest absolute Gasteiger partial charge is 0.278 e. The van der Waals surface area contributed by atoms with E-state index in [1.165, 1.54) is 11.1 Å². The van der Waals surface area contributed by atoms with Crippen molar-refractivity contribution in [1.29, 1.82) is 0 Å². The lowest BCUT2D eigenvalue weighted by Crippen LogP contribution is -2.42. The van der Waals surface area contributed by atoms with Crippen molar-refractivity contribution in [2.24, 2.45) is 0 Å². The molecule has 1 aromatic carbocycles. The van der Waals surface area contributed by atoms with Crippen LogP contribution in [0.15, 0.2) is 34.6 Å². The average molecular weight is 476 g/mol. The highest BCUT2D eigenvalue weighted by Gasteiger charge is 2.41. The summed E-state index contributed by atoms with van der Waals surface area (Å²) >= 11 is 1.56. The maximum Gasteiger partial charge on any atom is 0.278 e. The summed E-state index contributed by atoms with van der Waals surface area (Å²) in [6.07, 6.45) is 4.93. The second kappa shape index (κ2) is 7.48. The standard InChI is InChI=1S/C25H29N7OS/c1-5-31-21(33)17-13-26-22(28-16-6-7-18-15(12-16)8-11-27-24(18,2)3)30-20(17)32(31)23-29-19(14-34-23)25(4)9-10-25/h6-7,12-14,27H,5,8-11H2,1-4H3,(H,26,28,30). The Balaban J connectivity index is 1.40. The van der Waals surface area contributed by atoms with E-state index in [-0.39, 0.29) is 16.5 Å². The van der Waals surface area contributed by atoms with E-state index in [2.05, 4.69) is 60.0 Å². The SMILES string of the molecule is CCn1c(=O)c2cnc(Nc3ccc4c(c3)CCNC4(C)C)nc2n1-c1nc(C2(C)CC2)cs1. The minimum Gasteiger partial charge on any atom is -0.324 e. The molecule has 8 nitrogen and oxygen atoms in total. The summed E-state index contributed by atoms with van der Waals surface area (Å²) in [7, 11) is 0. The lowest BCUT2D eigenvalue weighted by molar-refractivity contribution is 0.382. The molecule has 0 spiro atoms. The van der Waals surface area contributed by atoms with Crippen LogP contribution in [0.5, 0.6) is 0 Å². The third-order valence-electron chi connectivity index (χ3n) is 7.26. The fourth-order valence-corrected chi connectivity index (χ4v) is 5.86. The highest BCUT2D eigenvalue weighted by Crippen LogP contribution is 2.47. The van der Waals surface area contributed by atoms with E-state index in [1.807, 2.05) is 11.6 Å². The molecule has 1 aliphatic carbocycles. The maximum atomic E-state index is 13.1. The molecule has 34 heavy (non-hydrogen) atoms. The predicted octanol–water partition coefficient (Wildman–Crippen LogP) is 4.23. The van der Waals surface area contributed by atoms with Gasteiger partial charge in [0.2, 0.25) is 11.1 Å². The quantitative estimate of drug-likeness (QED) is 0.449. The average Bonchev–Trinajstić information content (AvgIpc) is 3.25. The number of nitrogens with zero attached hydrogens (tertiary/aromatic N) is 5. The second-order valence-corrected chi connectivity index (χ2v) is 11.0. The van der Waals surface area contributed by atoms with E-state index in [1.54, 1.807) is 22.2 Å². The first-order valence-electron chi connectivity index (χ1n) is 11.9. The van der Waals surface area contributed by atoms with Crippen LogP contribution in [0.1, 0.15) is 57.4 Å². The molecule has 0 saturated heterocycles. The van der Waals surface area contributed by atoms with Crippen LogP contribution in [-0.4, -0.2) is 30.9 Å². The van der Waals surface area contributed by atoms with Gasteiger partial charge in [0.25, 0.3) is 5.56 Å². The van der Waals surface area contributed by atoms with Crippen molar-refractivity contribution in [2.45, 2.75) is 64.5 Å². The number of hydrogen-bond acceptors (Lipinski definition) is 7. The molecule has 9 heteroatoms. The van der Waals surface area contributed by atoms with Gasteiger partial charge in [-0.1, -0.05) is 13.0 Å². The summed E-state index contributed by atoms with van der Waals surface area (Å²) in [4.78, 5) is 27.2. The first-order chi connectivity index (χ1) is 16.3. The van der Waals surface area contributed by atoms with Crippen molar-refractivity contribution < 1.29 is 0 Å². The third kappa shape index (κ3) is 3.37. The van der Waals surface area contributed by atoms with Crippen LogP contribution >= 0.6 is 11.3 Å². The molecule has 4 aromatic rings.